The van der Waals surface area contributed by atoms with Crippen LogP contribution < -0.4 is 15.2 Å². The van der Waals surface area contributed by atoms with Gasteiger partial charge in [0.05, 0.1) is 12.3 Å². The molecule has 0 unspecified atom stereocenters. The second-order valence-electron chi connectivity index (χ2n) is 4.38. The van der Waals surface area contributed by atoms with Crippen molar-refractivity contribution in [3.8, 4) is 17.2 Å². The molecule has 0 saturated heterocycles. The molecule has 0 aromatic heterocycles. The largest absolute Gasteiger partial charge is 0.490 e. The van der Waals surface area contributed by atoms with Gasteiger partial charge in [-0.15, -0.1) is 0 Å². The molecule has 0 aliphatic carbocycles. The Morgan fingerprint density at radius 2 is 1.63 bits per heavy atom. The van der Waals surface area contributed by atoms with Crippen molar-refractivity contribution in [2.75, 3.05) is 12.3 Å². The molecule has 0 atom stereocenters. The fraction of sp³-hybridized carbons (Fsp3) is 0.250. The molecular formula is C16H19NO2. The number of nitrogens with two attached hydrogens (primary N) is 1. The second kappa shape index (κ2) is 6.14. The Balaban J connectivity index is 2.25. The summed E-state index contributed by atoms with van der Waals surface area (Å²) >= 11 is 0. The first-order valence-electron chi connectivity index (χ1n) is 6.47. The molecule has 2 rings (SSSR count). The first-order chi connectivity index (χ1) is 9.22. The van der Waals surface area contributed by atoms with Gasteiger partial charge in [-0.2, -0.15) is 0 Å². The van der Waals surface area contributed by atoms with Crippen LogP contribution >= 0.6 is 0 Å². The zero-order valence-corrected chi connectivity index (χ0v) is 11.3. The van der Waals surface area contributed by atoms with Crippen molar-refractivity contribution in [3.05, 3.63) is 48.0 Å². The summed E-state index contributed by atoms with van der Waals surface area (Å²) in [5, 5.41) is 0. The van der Waals surface area contributed by atoms with Gasteiger partial charge in [-0.25, -0.2) is 0 Å². The van der Waals surface area contributed by atoms with Gasteiger partial charge in [0.15, 0.2) is 17.2 Å². The lowest BCUT2D eigenvalue weighted by molar-refractivity contribution is 0.302. The molecule has 0 bridgehead atoms. The fourth-order valence-corrected chi connectivity index (χ4v) is 1.73. The number of para-hydroxylation sites is 3. The van der Waals surface area contributed by atoms with E-state index in [1.807, 2.05) is 49.4 Å². The van der Waals surface area contributed by atoms with Gasteiger partial charge in [0.25, 0.3) is 0 Å². The van der Waals surface area contributed by atoms with Crippen molar-refractivity contribution in [2.45, 2.75) is 20.3 Å². The molecule has 0 saturated carbocycles. The predicted octanol–water partition coefficient (Wildman–Crippen LogP) is 4.16. The van der Waals surface area contributed by atoms with Crippen molar-refractivity contribution in [3.63, 3.8) is 0 Å². The van der Waals surface area contributed by atoms with Gasteiger partial charge >= 0.3 is 0 Å². The average molecular weight is 257 g/mol. The molecule has 0 aliphatic heterocycles. The average Bonchev–Trinajstić information content (AvgIpc) is 2.43. The van der Waals surface area contributed by atoms with E-state index in [2.05, 4.69) is 6.92 Å². The minimum absolute atomic E-state index is 0.660. The number of ether oxygens (including phenoxy) is 2. The molecule has 100 valence electrons. The van der Waals surface area contributed by atoms with Crippen LogP contribution in [0.2, 0.25) is 0 Å². The van der Waals surface area contributed by atoms with E-state index in [0.717, 1.165) is 17.7 Å². The molecule has 3 heteroatoms. The Morgan fingerprint density at radius 3 is 2.37 bits per heavy atom. The molecule has 3 nitrogen and oxygen atoms in total. The maximum atomic E-state index is 6.01. The topological polar surface area (TPSA) is 44.5 Å². The van der Waals surface area contributed by atoms with Crippen LogP contribution in [-0.4, -0.2) is 6.61 Å². The van der Waals surface area contributed by atoms with Gasteiger partial charge in [-0.1, -0.05) is 31.2 Å². The highest BCUT2D eigenvalue weighted by molar-refractivity contribution is 5.59. The van der Waals surface area contributed by atoms with E-state index in [9.17, 15) is 0 Å². The Morgan fingerprint density at radius 1 is 0.947 bits per heavy atom. The predicted molar refractivity (Wildman–Crippen MR) is 77.9 cm³/mol. The first-order valence-corrected chi connectivity index (χ1v) is 6.47. The summed E-state index contributed by atoms with van der Waals surface area (Å²) < 4.78 is 11.5. The molecule has 2 aromatic carbocycles. The summed E-state index contributed by atoms with van der Waals surface area (Å²) in [6.45, 7) is 4.70. The van der Waals surface area contributed by atoms with Crippen LogP contribution in [0.5, 0.6) is 17.2 Å². The maximum Gasteiger partial charge on any atom is 0.169 e. The molecule has 0 radical (unpaired) electrons. The van der Waals surface area contributed by atoms with Crippen LogP contribution in [0.15, 0.2) is 42.5 Å². The van der Waals surface area contributed by atoms with Crippen LogP contribution in [-0.2, 0) is 0 Å². The SMILES string of the molecule is CCCOc1ccccc1Oc1cccc(C)c1N. The monoisotopic (exact) mass is 257 g/mol. The number of hydrogen-bond donors (Lipinski definition) is 1. The van der Waals surface area contributed by atoms with Crippen LogP contribution in [0.1, 0.15) is 18.9 Å². The van der Waals surface area contributed by atoms with Crippen LogP contribution in [0.25, 0.3) is 0 Å². The molecule has 19 heavy (non-hydrogen) atoms. The zero-order valence-electron chi connectivity index (χ0n) is 11.3. The molecular weight excluding hydrogens is 238 g/mol. The minimum atomic E-state index is 0.660. The molecule has 0 aliphatic rings. The highest BCUT2D eigenvalue weighted by Gasteiger charge is 2.08. The quantitative estimate of drug-likeness (QED) is 0.818. The van der Waals surface area contributed by atoms with E-state index in [0.29, 0.717) is 23.8 Å². The lowest BCUT2D eigenvalue weighted by atomic mass is 10.2. The number of hydrogen-bond acceptors (Lipinski definition) is 3. The van der Waals surface area contributed by atoms with E-state index in [1.165, 1.54) is 0 Å². The molecule has 2 N–H and O–H groups in total. The van der Waals surface area contributed by atoms with Crippen molar-refractivity contribution in [2.24, 2.45) is 0 Å². The van der Waals surface area contributed by atoms with Gasteiger partial charge < -0.3 is 15.2 Å². The highest BCUT2D eigenvalue weighted by Crippen LogP contribution is 2.35. The van der Waals surface area contributed by atoms with Gasteiger partial charge in [-0.05, 0) is 37.1 Å². The van der Waals surface area contributed by atoms with Gasteiger partial charge in [-0.3, -0.25) is 0 Å². The summed E-state index contributed by atoms with van der Waals surface area (Å²) in [5.74, 6) is 2.09. The summed E-state index contributed by atoms with van der Waals surface area (Å²) in [5.41, 5.74) is 7.68. The summed E-state index contributed by atoms with van der Waals surface area (Å²) in [6, 6.07) is 13.4. The Hall–Kier alpha value is -2.16. The number of aryl methyl sites for hydroxylation is 1. The lowest BCUT2D eigenvalue weighted by Crippen LogP contribution is -1.99. The normalized spacial score (nSPS) is 10.2. The van der Waals surface area contributed by atoms with Gasteiger partial charge in [0.1, 0.15) is 0 Å². The van der Waals surface area contributed by atoms with Crippen LogP contribution in [0.3, 0.4) is 0 Å². The summed E-state index contributed by atoms with van der Waals surface area (Å²) in [4.78, 5) is 0. The van der Waals surface area contributed by atoms with Crippen LogP contribution in [0.4, 0.5) is 5.69 Å². The van der Waals surface area contributed by atoms with Crippen molar-refractivity contribution in [1.82, 2.24) is 0 Å². The number of rotatable bonds is 5. The van der Waals surface area contributed by atoms with Crippen LogP contribution in [0, 0.1) is 6.92 Å². The third kappa shape index (κ3) is 3.19. The Bertz CT molecular complexity index is 552. The van der Waals surface area contributed by atoms with Gasteiger partial charge in [0, 0.05) is 0 Å². The Labute approximate surface area is 114 Å². The molecule has 0 spiro atoms. The number of anilines is 1. The fourth-order valence-electron chi connectivity index (χ4n) is 1.73. The minimum Gasteiger partial charge on any atom is -0.490 e. The van der Waals surface area contributed by atoms with Crippen molar-refractivity contribution in [1.29, 1.82) is 0 Å². The maximum absolute atomic E-state index is 6.01. The van der Waals surface area contributed by atoms with Crippen molar-refractivity contribution < 1.29 is 9.47 Å². The molecule has 2 aromatic rings. The van der Waals surface area contributed by atoms with E-state index in [1.54, 1.807) is 0 Å². The molecule has 0 heterocycles. The van der Waals surface area contributed by atoms with E-state index < -0.39 is 0 Å². The Kier molecular flexibility index (Phi) is 4.29. The summed E-state index contributed by atoms with van der Waals surface area (Å²) in [6.07, 6.45) is 0.959. The molecule has 0 fully saturated rings. The lowest BCUT2D eigenvalue weighted by Gasteiger charge is -2.14. The van der Waals surface area contributed by atoms with E-state index in [-0.39, 0.29) is 0 Å². The van der Waals surface area contributed by atoms with Gasteiger partial charge in [0.2, 0.25) is 0 Å². The van der Waals surface area contributed by atoms with E-state index >= 15 is 0 Å². The summed E-state index contributed by atoms with van der Waals surface area (Å²) in [7, 11) is 0. The third-order valence-corrected chi connectivity index (χ3v) is 2.81. The smallest absolute Gasteiger partial charge is 0.169 e. The highest BCUT2D eigenvalue weighted by atomic mass is 16.5. The second-order valence-corrected chi connectivity index (χ2v) is 4.38. The van der Waals surface area contributed by atoms with E-state index in [4.69, 9.17) is 15.2 Å². The molecule has 0 amide bonds. The first kappa shape index (κ1) is 13.3. The zero-order chi connectivity index (χ0) is 13.7. The van der Waals surface area contributed by atoms with Crippen molar-refractivity contribution >= 4 is 5.69 Å². The third-order valence-electron chi connectivity index (χ3n) is 2.81. The number of benzene rings is 2. The standard InChI is InChI=1S/C16H19NO2/c1-3-11-18-13-8-4-5-9-14(13)19-15-10-6-7-12(2)16(15)17/h4-10H,3,11,17H2,1-2H3. The number of nitrogen functional groups attached to an aromatic ring is 1.